The van der Waals surface area contributed by atoms with Crippen molar-refractivity contribution in [3.05, 3.63) is 0 Å². The maximum Gasteiger partial charge on any atom is 0.314 e. The Balaban J connectivity index is -0.000000205. The lowest BCUT2D eigenvalue weighted by molar-refractivity contribution is -0.0328. The van der Waals surface area contributed by atoms with E-state index in [2.05, 4.69) is 0 Å². The summed E-state index contributed by atoms with van der Waals surface area (Å²) in [4.78, 5) is 28.6. The zero-order chi connectivity index (χ0) is 14.5. The molecule has 0 aromatic heterocycles. The van der Waals surface area contributed by atoms with Gasteiger partial charge in [-0.3, -0.25) is 9.13 Å². The van der Waals surface area contributed by atoms with E-state index in [9.17, 15) is 0 Å². The van der Waals surface area contributed by atoms with E-state index in [0.29, 0.717) is 0 Å². The summed E-state index contributed by atoms with van der Waals surface area (Å²) in [7, 11) is -6.26. The second kappa shape index (κ2) is 14.2. The molecule has 0 rings (SSSR count). The Morgan fingerprint density at radius 2 is 0.765 bits per heavy atom. The molecule has 0 saturated heterocycles. The molecular weight excluding hydrogens is 282 g/mol. The third kappa shape index (κ3) is 21.9. The third-order valence-corrected chi connectivity index (χ3v) is 1.34. The molecular formula is C5H18O10P2. The van der Waals surface area contributed by atoms with Crippen LogP contribution >= 0.6 is 16.5 Å². The minimum atomic E-state index is -3.13. The Bertz CT molecular complexity index is 167. The molecule has 0 aliphatic rings. The second-order valence-corrected chi connectivity index (χ2v) is 3.83. The molecule has 0 amide bonds. The highest BCUT2D eigenvalue weighted by Gasteiger charge is 2.26. The Morgan fingerprint density at radius 1 is 0.647 bits per heavy atom. The van der Waals surface area contributed by atoms with Crippen LogP contribution in [0.25, 0.3) is 0 Å². The molecule has 0 aliphatic heterocycles. The van der Waals surface area contributed by atoms with Crippen LogP contribution in [0.2, 0.25) is 0 Å². The van der Waals surface area contributed by atoms with Crippen molar-refractivity contribution in [3.63, 3.8) is 0 Å². The predicted molar refractivity (Wildman–Crippen MR) is 57.7 cm³/mol. The van der Waals surface area contributed by atoms with E-state index in [1.807, 2.05) is 0 Å². The van der Waals surface area contributed by atoms with Gasteiger partial charge in [0.15, 0.2) is 0 Å². The van der Waals surface area contributed by atoms with Crippen LogP contribution in [0.5, 0.6) is 0 Å². The van der Waals surface area contributed by atoms with Crippen molar-refractivity contribution in [2.24, 2.45) is 5.41 Å². The molecule has 17 heavy (non-hydrogen) atoms. The Morgan fingerprint density at radius 3 is 0.765 bits per heavy atom. The van der Waals surface area contributed by atoms with Crippen LogP contribution in [0.4, 0.5) is 0 Å². The quantitative estimate of drug-likeness (QED) is 0.243. The second-order valence-electron chi connectivity index (χ2n) is 2.70. The fourth-order valence-electron chi connectivity index (χ4n) is 0.300. The van der Waals surface area contributed by atoms with Crippen LogP contribution in [-0.2, 0) is 9.13 Å². The lowest BCUT2D eigenvalue weighted by Gasteiger charge is -2.23. The summed E-state index contributed by atoms with van der Waals surface area (Å²) in [5.74, 6) is 0. The molecule has 0 heterocycles. The first-order valence-corrected chi connectivity index (χ1v) is 6.59. The first-order valence-electron chi connectivity index (χ1n) is 3.98. The van der Waals surface area contributed by atoms with E-state index >= 15 is 0 Å². The summed E-state index contributed by atoms with van der Waals surface area (Å²) in [6, 6.07) is 0. The molecule has 0 fully saturated rings. The zero-order valence-corrected chi connectivity index (χ0v) is 10.7. The molecule has 12 heteroatoms. The van der Waals surface area contributed by atoms with Crippen molar-refractivity contribution in [3.8, 4) is 0 Å². The van der Waals surface area contributed by atoms with Gasteiger partial charge in [-0.25, -0.2) is 0 Å². The fraction of sp³-hybridized carbons (Fsp3) is 1.00. The smallest absolute Gasteiger partial charge is 0.314 e. The van der Waals surface area contributed by atoms with Gasteiger partial charge in [0.2, 0.25) is 0 Å². The summed E-state index contributed by atoms with van der Waals surface area (Å²) in [5, 5.41) is 34.0. The maximum atomic E-state index is 8.74. The van der Waals surface area contributed by atoms with Gasteiger partial charge in [0.1, 0.15) is 0 Å². The molecule has 8 N–H and O–H groups in total. The molecule has 0 saturated carbocycles. The minimum Gasteiger partial charge on any atom is -0.396 e. The van der Waals surface area contributed by atoms with Gasteiger partial charge >= 0.3 is 16.5 Å². The molecule has 0 atom stereocenters. The topological polar surface area (TPSA) is 196 Å². The van der Waals surface area contributed by atoms with E-state index in [0.717, 1.165) is 0 Å². The standard InChI is InChI=1S/C5H12O4.2H3O3P/c6-1-5(2-7,3-8)4-9;2*1-4(2)3/h6-9H,1-4H2;2*4H,(H2,1,2,3). The monoisotopic (exact) mass is 300 g/mol. The Labute approximate surface area is 98.3 Å². The van der Waals surface area contributed by atoms with Crippen molar-refractivity contribution in [2.75, 3.05) is 26.4 Å². The van der Waals surface area contributed by atoms with Gasteiger partial charge in [-0.2, -0.15) is 0 Å². The van der Waals surface area contributed by atoms with Crippen LogP contribution in [0.1, 0.15) is 0 Å². The first-order chi connectivity index (χ1) is 7.71. The van der Waals surface area contributed by atoms with Crippen LogP contribution in [0.3, 0.4) is 0 Å². The molecule has 108 valence electrons. The lowest BCUT2D eigenvalue weighted by Crippen LogP contribution is -2.37. The predicted octanol–water partition coefficient (Wildman–Crippen LogP) is -3.34. The van der Waals surface area contributed by atoms with Crippen molar-refractivity contribution in [1.29, 1.82) is 0 Å². The van der Waals surface area contributed by atoms with Crippen molar-refractivity contribution in [2.45, 2.75) is 0 Å². The van der Waals surface area contributed by atoms with E-state index in [1.165, 1.54) is 0 Å². The molecule has 10 nitrogen and oxygen atoms in total. The number of hydrogen-bond donors (Lipinski definition) is 8. The molecule has 0 radical (unpaired) electrons. The van der Waals surface area contributed by atoms with Gasteiger partial charge in [-0.15, -0.1) is 0 Å². The summed E-state index contributed by atoms with van der Waals surface area (Å²) in [6.45, 7) is -1.62. The van der Waals surface area contributed by atoms with Crippen LogP contribution in [-0.4, -0.2) is 66.4 Å². The average Bonchev–Trinajstić information content (AvgIpc) is 2.20. The number of hydrogen-bond acceptors (Lipinski definition) is 6. The number of aliphatic hydroxyl groups excluding tert-OH is 4. The average molecular weight is 300 g/mol. The highest BCUT2D eigenvalue weighted by atomic mass is 31.1. The number of rotatable bonds is 4. The highest BCUT2D eigenvalue weighted by molar-refractivity contribution is 7.31. The number of aliphatic hydroxyl groups is 4. The third-order valence-electron chi connectivity index (χ3n) is 1.34. The fourth-order valence-corrected chi connectivity index (χ4v) is 0.300. The molecule has 0 aromatic carbocycles. The summed E-state index contributed by atoms with van der Waals surface area (Å²) in [6.07, 6.45) is 0. The molecule has 0 bridgehead atoms. The molecule has 0 unspecified atom stereocenters. The zero-order valence-electron chi connectivity index (χ0n) is 8.72. The van der Waals surface area contributed by atoms with Gasteiger partial charge in [0, 0.05) is 0 Å². The summed E-state index contributed by atoms with van der Waals surface area (Å²) >= 11 is 0. The molecule has 0 aliphatic carbocycles. The summed E-state index contributed by atoms with van der Waals surface area (Å²) < 4.78 is 17.5. The van der Waals surface area contributed by atoms with Gasteiger partial charge in [-0.05, 0) is 0 Å². The SMILES string of the molecule is O=[PH](O)O.O=[PH](O)O.OCC(CO)(CO)CO. The molecule has 0 spiro atoms. The van der Waals surface area contributed by atoms with Gasteiger partial charge in [-0.1, -0.05) is 0 Å². The van der Waals surface area contributed by atoms with Crippen LogP contribution in [0, 0.1) is 5.41 Å². The van der Waals surface area contributed by atoms with Gasteiger partial charge < -0.3 is 40.0 Å². The minimum absolute atomic E-state index is 0.406. The van der Waals surface area contributed by atoms with Gasteiger partial charge in [0.25, 0.3) is 0 Å². The Hall–Kier alpha value is 0.140. The maximum absolute atomic E-state index is 8.74. The van der Waals surface area contributed by atoms with E-state index in [4.69, 9.17) is 49.1 Å². The van der Waals surface area contributed by atoms with Gasteiger partial charge in [0.05, 0.1) is 31.8 Å². The largest absolute Gasteiger partial charge is 0.396 e. The van der Waals surface area contributed by atoms with Crippen molar-refractivity contribution >= 4 is 16.5 Å². The molecule has 0 aromatic rings. The van der Waals surface area contributed by atoms with Crippen molar-refractivity contribution < 1.29 is 49.1 Å². The van der Waals surface area contributed by atoms with Crippen LogP contribution in [0.15, 0.2) is 0 Å². The summed E-state index contributed by atoms with van der Waals surface area (Å²) in [5.41, 5.74) is -1.11. The van der Waals surface area contributed by atoms with E-state index in [-0.39, 0.29) is 0 Å². The van der Waals surface area contributed by atoms with E-state index in [1.54, 1.807) is 0 Å². The van der Waals surface area contributed by atoms with Crippen molar-refractivity contribution in [1.82, 2.24) is 0 Å². The Kier molecular flexibility index (Phi) is 18.7. The first kappa shape index (κ1) is 22.3. The van der Waals surface area contributed by atoms with E-state index < -0.39 is 48.4 Å². The van der Waals surface area contributed by atoms with Crippen LogP contribution < -0.4 is 0 Å². The lowest BCUT2D eigenvalue weighted by atomic mass is 9.93. The normalized spacial score (nSPS) is 10.5. The highest BCUT2D eigenvalue weighted by Crippen LogP contribution is 2.11.